The highest BCUT2D eigenvalue weighted by Crippen LogP contribution is 2.07. The predicted molar refractivity (Wildman–Crippen MR) is 84.4 cm³/mol. The molecule has 3 amide bonds. The first kappa shape index (κ1) is 18.1. The van der Waals surface area contributed by atoms with Gasteiger partial charge >= 0.3 is 6.03 Å². The number of hydrogen-bond donors (Lipinski definition) is 2. The van der Waals surface area contributed by atoms with Crippen molar-refractivity contribution in [3.8, 4) is 0 Å². The number of nitrogens with two attached hydrogens (primary N) is 1. The molecule has 1 aliphatic rings. The van der Waals surface area contributed by atoms with Gasteiger partial charge in [-0.05, 0) is 20.2 Å². The van der Waals surface area contributed by atoms with E-state index < -0.39 is 0 Å². The fraction of sp³-hybridized carbons (Fsp3) is 0.846. The molecule has 21 heavy (non-hydrogen) atoms. The van der Waals surface area contributed by atoms with Gasteiger partial charge in [-0.15, -0.1) is 0 Å². The molecule has 1 fully saturated rings. The summed E-state index contributed by atoms with van der Waals surface area (Å²) in [5.74, 6) is 0.523. The number of carbonyl (C=O) groups excluding carboxylic acids is 2. The molecule has 0 bridgehead atoms. The summed E-state index contributed by atoms with van der Waals surface area (Å²) >= 11 is 1.70. The quantitative estimate of drug-likeness (QED) is 0.665. The molecule has 0 spiro atoms. The van der Waals surface area contributed by atoms with Crippen molar-refractivity contribution < 1.29 is 14.3 Å². The molecule has 0 radical (unpaired) electrons. The first-order valence-electron chi connectivity index (χ1n) is 7.05. The largest absolute Gasteiger partial charge is 0.373 e. The molecule has 0 aromatic rings. The van der Waals surface area contributed by atoms with Gasteiger partial charge in [0.25, 0.3) is 0 Å². The highest BCUT2D eigenvalue weighted by molar-refractivity contribution is 7.98. The predicted octanol–water partition coefficient (Wildman–Crippen LogP) is -0.435. The van der Waals surface area contributed by atoms with E-state index in [1.54, 1.807) is 16.7 Å². The summed E-state index contributed by atoms with van der Waals surface area (Å²) in [6, 6.07) is 0.0914. The molecule has 0 aliphatic carbocycles. The molecular weight excluding hydrogens is 292 g/mol. The topological polar surface area (TPSA) is 87.9 Å². The fourth-order valence-corrected chi connectivity index (χ4v) is 2.87. The van der Waals surface area contributed by atoms with E-state index in [2.05, 4.69) is 5.32 Å². The lowest BCUT2D eigenvalue weighted by Crippen LogP contribution is -2.54. The molecule has 3 N–H and O–H groups in total. The Hall–Kier alpha value is -0.990. The Morgan fingerprint density at radius 3 is 2.90 bits per heavy atom. The smallest absolute Gasteiger partial charge is 0.317 e. The number of nitrogens with one attached hydrogen (secondary N) is 1. The van der Waals surface area contributed by atoms with E-state index in [9.17, 15) is 9.59 Å². The Balaban J connectivity index is 2.40. The Bertz CT molecular complexity index is 356. The van der Waals surface area contributed by atoms with Crippen LogP contribution in [-0.4, -0.2) is 85.7 Å². The molecule has 2 atom stereocenters. The van der Waals surface area contributed by atoms with Gasteiger partial charge in [0, 0.05) is 31.4 Å². The van der Waals surface area contributed by atoms with Crippen LogP contribution in [-0.2, 0) is 9.53 Å². The molecule has 1 heterocycles. The van der Waals surface area contributed by atoms with Crippen LogP contribution in [0.4, 0.5) is 4.79 Å². The Morgan fingerprint density at radius 2 is 2.29 bits per heavy atom. The van der Waals surface area contributed by atoms with E-state index in [1.165, 1.54) is 0 Å². The molecule has 0 unspecified atom stereocenters. The summed E-state index contributed by atoms with van der Waals surface area (Å²) < 4.78 is 5.64. The summed E-state index contributed by atoms with van der Waals surface area (Å²) in [5.41, 5.74) is 5.16. The molecule has 0 saturated carbocycles. The minimum atomic E-state index is -0.367. The third-order valence-corrected chi connectivity index (χ3v) is 3.99. The molecule has 1 rings (SSSR count). The van der Waals surface area contributed by atoms with Crippen molar-refractivity contribution in [2.45, 2.75) is 19.1 Å². The van der Waals surface area contributed by atoms with Crippen molar-refractivity contribution in [1.82, 2.24) is 15.1 Å². The van der Waals surface area contributed by atoms with Crippen LogP contribution in [0.1, 0.15) is 6.92 Å². The number of rotatable bonds is 7. The van der Waals surface area contributed by atoms with E-state index >= 15 is 0 Å². The Labute approximate surface area is 130 Å². The number of thioether (sulfide) groups is 1. The van der Waals surface area contributed by atoms with Gasteiger partial charge in [0.15, 0.2) is 0 Å². The van der Waals surface area contributed by atoms with Crippen molar-refractivity contribution in [2.24, 2.45) is 5.73 Å². The van der Waals surface area contributed by atoms with Crippen LogP contribution in [0.15, 0.2) is 0 Å². The van der Waals surface area contributed by atoms with Gasteiger partial charge in [0.2, 0.25) is 5.91 Å². The number of nitrogens with zero attached hydrogens (tertiary/aromatic N) is 2. The van der Waals surface area contributed by atoms with Gasteiger partial charge in [-0.1, -0.05) is 0 Å². The summed E-state index contributed by atoms with van der Waals surface area (Å²) in [6.07, 6.45) is 1.92. The van der Waals surface area contributed by atoms with Crippen molar-refractivity contribution >= 4 is 23.7 Å². The normalized spacial score (nSPS) is 20.4. The summed E-state index contributed by atoms with van der Waals surface area (Å²) in [6.45, 7) is 4.39. The molecule has 8 heteroatoms. The standard InChI is InChI=1S/C13H26N4O3S/c1-10(9-21-3)15-13(19)17-4-5-20-11(7-17)6-16(2)8-12(14)18/h10-11H,4-9H2,1-3H3,(H2,14,18)(H,15,19)/t10-,11+/m1/s1. The zero-order valence-corrected chi connectivity index (χ0v) is 13.8. The van der Waals surface area contributed by atoms with Gasteiger partial charge in [-0.25, -0.2) is 4.79 Å². The van der Waals surface area contributed by atoms with Gasteiger partial charge in [-0.2, -0.15) is 11.8 Å². The molecule has 122 valence electrons. The van der Waals surface area contributed by atoms with E-state index in [0.717, 1.165) is 5.75 Å². The maximum atomic E-state index is 12.2. The maximum absolute atomic E-state index is 12.2. The Morgan fingerprint density at radius 1 is 1.57 bits per heavy atom. The molecule has 1 saturated heterocycles. The number of amides is 3. The van der Waals surface area contributed by atoms with Gasteiger partial charge in [0.05, 0.1) is 19.3 Å². The summed E-state index contributed by atoms with van der Waals surface area (Å²) in [4.78, 5) is 26.6. The third kappa shape index (κ3) is 7.01. The SMILES string of the molecule is CSC[C@@H](C)NC(=O)N1CCO[C@@H](CN(C)CC(N)=O)C1. The number of ether oxygens (including phenoxy) is 1. The number of urea groups is 1. The van der Waals surface area contributed by atoms with Gasteiger partial charge in [0.1, 0.15) is 0 Å². The number of morpholine rings is 1. The number of primary amides is 1. The second-order valence-electron chi connectivity index (χ2n) is 5.41. The Kier molecular flexibility index (Phi) is 7.84. The molecule has 1 aliphatic heterocycles. The van der Waals surface area contributed by atoms with Crippen LogP contribution in [0.25, 0.3) is 0 Å². The van der Waals surface area contributed by atoms with Gasteiger partial charge in [-0.3, -0.25) is 9.69 Å². The zero-order valence-electron chi connectivity index (χ0n) is 13.0. The zero-order chi connectivity index (χ0) is 15.8. The summed E-state index contributed by atoms with van der Waals surface area (Å²) in [5, 5.41) is 2.98. The number of carbonyl (C=O) groups is 2. The van der Waals surface area contributed by atoms with Crippen LogP contribution < -0.4 is 11.1 Å². The van der Waals surface area contributed by atoms with Crippen LogP contribution >= 0.6 is 11.8 Å². The number of hydrogen-bond acceptors (Lipinski definition) is 5. The third-order valence-electron chi connectivity index (χ3n) is 3.15. The maximum Gasteiger partial charge on any atom is 0.317 e. The average Bonchev–Trinajstić information content (AvgIpc) is 2.38. The van der Waals surface area contributed by atoms with E-state index in [4.69, 9.17) is 10.5 Å². The van der Waals surface area contributed by atoms with Crippen LogP contribution in [0.3, 0.4) is 0 Å². The van der Waals surface area contributed by atoms with Gasteiger partial charge < -0.3 is 20.7 Å². The van der Waals surface area contributed by atoms with E-state index in [1.807, 2.05) is 25.1 Å². The average molecular weight is 318 g/mol. The van der Waals surface area contributed by atoms with Crippen molar-refractivity contribution in [3.63, 3.8) is 0 Å². The monoisotopic (exact) mass is 318 g/mol. The van der Waals surface area contributed by atoms with Crippen molar-refractivity contribution in [3.05, 3.63) is 0 Å². The molecule has 0 aromatic carbocycles. The van der Waals surface area contributed by atoms with E-state index in [0.29, 0.717) is 26.2 Å². The minimum absolute atomic E-state index is 0.0533. The molecular formula is C13H26N4O3S. The first-order valence-corrected chi connectivity index (χ1v) is 8.44. The highest BCUT2D eigenvalue weighted by atomic mass is 32.2. The van der Waals surface area contributed by atoms with Crippen LogP contribution in [0.5, 0.6) is 0 Å². The van der Waals surface area contributed by atoms with Crippen LogP contribution in [0, 0.1) is 0 Å². The lowest BCUT2D eigenvalue weighted by atomic mass is 10.2. The lowest BCUT2D eigenvalue weighted by Gasteiger charge is -2.35. The minimum Gasteiger partial charge on any atom is -0.373 e. The van der Waals surface area contributed by atoms with E-state index in [-0.39, 0.29) is 30.6 Å². The first-order chi connectivity index (χ1) is 9.92. The lowest BCUT2D eigenvalue weighted by molar-refractivity contribution is -0.119. The molecule has 0 aromatic heterocycles. The molecule has 7 nitrogen and oxygen atoms in total. The highest BCUT2D eigenvalue weighted by Gasteiger charge is 2.25. The number of likely N-dealkylation sites (N-methyl/N-ethyl adjacent to an activating group) is 1. The summed E-state index contributed by atoms with van der Waals surface area (Å²) in [7, 11) is 1.81. The fourth-order valence-electron chi connectivity index (χ4n) is 2.29. The van der Waals surface area contributed by atoms with Crippen molar-refractivity contribution in [2.75, 3.05) is 51.8 Å². The second-order valence-corrected chi connectivity index (χ2v) is 6.32. The van der Waals surface area contributed by atoms with Crippen molar-refractivity contribution in [1.29, 1.82) is 0 Å². The van der Waals surface area contributed by atoms with Crippen LogP contribution in [0.2, 0.25) is 0 Å². The second kappa shape index (κ2) is 9.11.